The fraction of sp³-hybridized carbons (Fsp3) is 0.625. The van der Waals surface area contributed by atoms with Crippen molar-refractivity contribution in [2.45, 2.75) is 45.1 Å². The van der Waals surface area contributed by atoms with Gasteiger partial charge in [-0.15, -0.1) is 0 Å². The van der Waals surface area contributed by atoms with Crippen molar-refractivity contribution in [1.82, 2.24) is 0 Å². The Hall–Kier alpha value is -0.860. The van der Waals surface area contributed by atoms with E-state index in [1.165, 1.54) is 5.56 Å². The van der Waals surface area contributed by atoms with Crippen LogP contribution in [0.5, 0.6) is 0 Å². The Morgan fingerprint density at radius 1 is 1.28 bits per heavy atom. The van der Waals surface area contributed by atoms with E-state index < -0.39 is 6.10 Å². The van der Waals surface area contributed by atoms with Crippen molar-refractivity contribution in [2.24, 2.45) is 5.92 Å². The Kier molecular flexibility index (Phi) is 4.08. The van der Waals surface area contributed by atoms with Crippen LogP contribution in [0.25, 0.3) is 0 Å². The maximum absolute atomic E-state index is 10.6. The van der Waals surface area contributed by atoms with Gasteiger partial charge in [0, 0.05) is 12.5 Å². The van der Waals surface area contributed by atoms with E-state index in [2.05, 4.69) is 32.9 Å². The summed E-state index contributed by atoms with van der Waals surface area (Å²) in [4.78, 5) is 0. The summed E-state index contributed by atoms with van der Waals surface area (Å²) in [7, 11) is 0. The molecule has 2 atom stereocenters. The number of benzene rings is 1. The average Bonchev–Trinajstić information content (AvgIpc) is 2.38. The topological polar surface area (TPSA) is 29.5 Å². The lowest BCUT2D eigenvalue weighted by Crippen LogP contribution is -2.26. The molecule has 0 bridgehead atoms. The SMILES string of the molecule is CC(C)(C)c1ccccc1C(O)C1CCCOC1. The van der Waals surface area contributed by atoms with Gasteiger partial charge in [-0.3, -0.25) is 0 Å². The third-order valence-corrected chi connectivity index (χ3v) is 3.73. The van der Waals surface area contributed by atoms with Gasteiger partial charge in [0.05, 0.1) is 12.7 Å². The fourth-order valence-corrected chi connectivity index (χ4v) is 2.71. The molecule has 0 spiro atoms. The minimum atomic E-state index is -0.402. The van der Waals surface area contributed by atoms with E-state index in [9.17, 15) is 5.11 Å². The van der Waals surface area contributed by atoms with E-state index in [4.69, 9.17) is 4.74 Å². The number of hydrogen-bond acceptors (Lipinski definition) is 2. The van der Waals surface area contributed by atoms with Gasteiger partial charge in [-0.05, 0) is 29.4 Å². The highest BCUT2D eigenvalue weighted by molar-refractivity contribution is 5.34. The Labute approximate surface area is 110 Å². The molecule has 2 rings (SSSR count). The zero-order chi connectivity index (χ0) is 13.2. The molecule has 1 aromatic rings. The number of rotatable bonds is 2. The van der Waals surface area contributed by atoms with Crippen molar-refractivity contribution in [3.05, 3.63) is 35.4 Å². The van der Waals surface area contributed by atoms with Crippen molar-refractivity contribution in [2.75, 3.05) is 13.2 Å². The monoisotopic (exact) mass is 248 g/mol. The summed E-state index contributed by atoms with van der Waals surface area (Å²) in [5, 5.41) is 10.6. The second-order valence-electron chi connectivity index (χ2n) is 6.26. The molecule has 1 aliphatic rings. The molecule has 1 heterocycles. The molecule has 2 unspecified atom stereocenters. The molecular formula is C16H24O2. The molecule has 1 fully saturated rings. The summed E-state index contributed by atoms with van der Waals surface area (Å²) in [5.74, 6) is 0.238. The van der Waals surface area contributed by atoms with Crippen LogP contribution in [-0.2, 0) is 10.2 Å². The van der Waals surface area contributed by atoms with Crippen LogP contribution in [0, 0.1) is 5.92 Å². The average molecular weight is 248 g/mol. The first kappa shape index (κ1) is 13.6. The molecule has 0 amide bonds. The van der Waals surface area contributed by atoms with Crippen LogP contribution < -0.4 is 0 Å². The Morgan fingerprint density at radius 2 is 2.00 bits per heavy atom. The van der Waals surface area contributed by atoms with Gasteiger partial charge in [0.1, 0.15) is 0 Å². The van der Waals surface area contributed by atoms with Gasteiger partial charge in [-0.2, -0.15) is 0 Å². The molecule has 0 aromatic heterocycles. The zero-order valence-electron chi connectivity index (χ0n) is 11.6. The van der Waals surface area contributed by atoms with Crippen LogP contribution in [0.15, 0.2) is 24.3 Å². The Bertz CT molecular complexity index is 386. The minimum Gasteiger partial charge on any atom is -0.388 e. The largest absolute Gasteiger partial charge is 0.388 e. The Morgan fingerprint density at radius 3 is 2.61 bits per heavy atom. The van der Waals surface area contributed by atoms with Gasteiger partial charge >= 0.3 is 0 Å². The maximum atomic E-state index is 10.6. The second-order valence-corrected chi connectivity index (χ2v) is 6.26. The highest BCUT2D eigenvalue weighted by Crippen LogP contribution is 2.35. The standard InChI is InChI=1S/C16H24O2/c1-16(2,3)14-9-5-4-8-13(14)15(17)12-7-6-10-18-11-12/h4-5,8-9,12,15,17H,6-7,10-11H2,1-3H3. The molecule has 2 nitrogen and oxygen atoms in total. The minimum absolute atomic E-state index is 0.0626. The molecule has 2 heteroatoms. The highest BCUT2D eigenvalue weighted by Gasteiger charge is 2.28. The van der Waals surface area contributed by atoms with Crippen LogP contribution in [0.2, 0.25) is 0 Å². The molecule has 0 aliphatic carbocycles. The molecule has 18 heavy (non-hydrogen) atoms. The van der Waals surface area contributed by atoms with Gasteiger partial charge in [0.25, 0.3) is 0 Å². The van der Waals surface area contributed by atoms with Crippen molar-refractivity contribution in [1.29, 1.82) is 0 Å². The predicted molar refractivity (Wildman–Crippen MR) is 73.6 cm³/mol. The first-order valence-electron chi connectivity index (χ1n) is 6.85. The molecule has 1 saturated heterocycles. The normalized spacial score (nSPS) is 22.8. The molecular weight excluding hydrogens is 224 g/mol. The summed E-state index contributed by atoms with van der Waals surface area (Å²) in [5.41, 5.74) is 2.37. The molecule has 1 aromatic carbocycles. The van der Waals surface area contributed by atoms with Crippen LogP contribution in [0.4, 0.5) is 0 Å². The van der Waals surface area contributed by atoms with Crippen molar-refractivity contribution < 1.29 is 9.84 Å². The van der Waals surface area contributed by atoms with E-state index in [0.717, 1.165) is 25.0 Å². The molecule has 1 aliphatic heterocycles. The first-order chi connectivity index (χ1) is 8.50. The highest BCUT2D eigenvalue weighted by atomic mass is 16.5. The molecule has 0 saturated carbocycles. The quantitative estimate of drug-likeness (QED) is 0.868. The first-order valence-corrected chi connectivity index (χ1v) is 6.85. The predicted octanol–water partition coefficient (Wildman–Crippen LogP) is 3.44. The molecule has 1 N–H and O–H groups in total. The fourth-order valence-electron chi connectivity index (χ4n) is 2.71. The molecule has 0 radical (unpaired) electrons. The maximum Gasteiger partial charge on any atom is 0.0843 e. The van der Waals surface area contributed by atoms with Crippen LogP contribution in [0.1, 0.15) is 50.8 Å². The van der Waals surface area contributed by atoms with E-state index in [1.807, 2.05) is 12.1 Å². The van der Waals surface area contributed by atoms with Gasteiger partial charge in [-0.25, -0.2) is 0 Å². The van der Waals surface area contributed by atoms with Gasteiger partial charge < -0.3 is 9.84 Å². The van der Waals surface area contributed by atoms with E-state index in [-0.39, 0.29) is 11.3 Å². The number of aliphatic hydroxyl groups excluding tert-OH is 1. The summed E-state index contributed by atoms with van der Waals surface area (Å²) >= 11 is 0. The Balaban J connectivity index is 2.26. The summed E-state index contributed by atoms with van der Waals surface area (Å²) in [6.45, 7) is 8.09. The lowest BCUT2D eigenvalue weighted by atomic mass is 9.79. The number of aliphatic hydroxyl groups is 1. The summed E-state index contributed by atoms with van der Waals surface area (Å²) < 4.78 is 5.49. The van der Waals surface area contributed by atoms with E-state index in [0.29, 0.717) is 6.61 Å². The molecule has 100 valence electrons. The lowest BCUT2D eigenvalue weighted by molar-refractivity contribution is -0.0105. The van der Waals surface area contributed by atoms with E-state index >= 15 is 0 Å². The van der Waals surface area contributed by atoms with Gasteiger partial charge in [-0.1, -0.05) is 45.0 Å². The van der Waals surface area contributed by atoms with Gasteiger partial charge in [0.2, 0.25) is 0 Å². The van der Waals surface area contributed by atoms with Crippen LogP contribution in [-0.4, -0.2) is 18.3 Å². The zero-order valence-corrected chi connectivity index (χ0v) is 11.6. The third-order valence-electron chi connectivity index (χ3n) is 3.73. The second kappa shape index (κ2) is 5.41. The van der Waals surface area contributed by atoms with Crippen molar-refractivity contribution >= 4 is 0 Å². The summed E-state index contributed by atoms with van der Waals surface area (Å²) in [6.07, 6.45) is 1.71. The summed E-state index contributed by atoms with van der Waals surface area (Å²) in [6, 6.07) is 8.24. The number of hydrogen-bond donors (Lipinski definition) is 1. The smallest absolute Gasteiger partial charge is 0.0843 e. The lowest BCUT2D eigenvalue weighted by Gasteiger charge is -2.31. The number of ether oxygens (including phenoxy) is 1. The van der Waals surface area contributed by atoms with Gasteiger partial charge in [0.15, 0.2) is 0 Å². The van der Waals surface area contributed by atoms with Crippen molar-refractivity contribution in [3.63, 3.8) is 0 Å². The van der Waals surface area contributed by atoms with Crippen LogP contribution >= 0.6 is 0 Å². The van der Waals surface area contributed by atoms with E-state index in [1.54, 1.807) is 0 Å². The third kappa shape index (κ3) is 2.93. The van der Waals surface area contributed by atoms with Crippen LogP contribution in [0.3, 0.4) is 0 Å². The van der Waals surface area contributed by atoms with Crippen molar-refractivity contribution in [3.8, 4) is 0 Å².